The second-order valence-electron chi connectivity index (χ2n) is 5.59. The van der Waals surface area contributed by atoms with Crippen molar-refractivity contribution in [3.05, 3.63) is 53.9 Å². The molecule has 0 unspecified atom stereocenters. The Labute approximate surface area is 155 Å². The van der Waals surface area contributed by atoms with Crippen molar-refractivity contribution in [2.45, 2.75) is 13.5 Å². The molecule has 1 aromatic heterocycles. The molecular formula is C19H18N2O6. The smallest absolute Gasteiger partial charge is 0.423 e. The number of nitrogens with zero attached hydrogens (tertiary/aromatic N) is 2. The van der Waals surface area contributed by atoms with Crippen molar-refractivity contribution in [2.24, 2.45) is 0 Å². The largest absolute Gasteiger partial charge is 0.484 e. The summed E-state index contributed by atoms with van der Waals surface area (Å²) >= 11 is 0. The number of aryl methyl sites for hydroxylation is 1. The van der Waals surface area contributed by atoms with Gasteiger partial charge in [-0.1, -0.05) is 12.1 Å². The number of oxazole rings is 1. The summed E-state index contributed by atoms with van der Waals surface area (Å²) in [5.41, 5.74) is 2.41. The highest BCUT2D eigenvalue weighted by molar-refractivity contribution is 6.09. The zero-order valence-electron chi connectivity index (χ0n) is 15.1. The molecule has 0 atom stereocenters. The number of anilines is 1. The summed E-state index contributed by atoms with van der Waals surface area (Å²) in [6.45, 7) is 1.88. The molecule has 0 saturated heterocycles. The molecule has 3 rings (SSSR count). The molecule has 2 amide bonds. The van der Waals surface area contributed by atoms with Gasteiger partial charge in [-0.15, -0.1) is 0 Å². The van der Waals surface area contributed by atoms with E-state index in [4.69, 9.17) is 9.15 Å². The molecule has 0 radical (unpaired) electrons. The summed E-state index contributed by atoms with van der Waals surface area (Å²) in [5, 5.41) is 0. The zero-order valence-corrected chi connectivity index (χ0v) is 15.1. The number of methoxy groups -OCH3 is 2. The third-order valence-electron chi connectivity index (χ3n) is 3.82. The number of para-hydroxylation sites is 2. The predicted molar refractivity (Wildman–Crippen MR) is 96.8 cm³/mol. The zero-order chi connectivity index (χ0) is 19.4. The lowest BCUT2D eigenvalue weighted by Gasteiger charge is -2.20. The number of fused-ring (bicyclic) bond motifs is 1. The first-order valence-corrected chi connectivity index (χ1v) is 8.07. The Morgan fingerprint density at radius 2 is 1.78 bits per heavy atom. The maximum absolute atomic E-state index is 11.9. The summed E-state index contributed by atoms with van der Waals surface area (Å²) in [5.74, 6) is 0.983. The van der Waals surface area contributed by atoms with E-state index in [-0.39, 0.29) is 6.61 Å². The van der Waals surface area contributed by atoms with Crippen molar-refractivity contribution in [1.82, 2.24) is 4.98 Å². The second-order valence-corrected chi connectivity index (χ2v) is 5.59. The Balaban J connectivity index is 1.77. The van der Waals surface area contributed by atoms with Crippen LogP contribution in [0.3, 0.4) is 0 Å². The summed E-state index contributed by atoms with van der Waals surface area (Å²) in [7, 11) is 2.37. The number of carbonyl (C=O) groups excluding carboxylic acids is 2. The molecule has 0 aliphatic rings. The van der Waals surface area contributed by atoms with Crippen LogP contribution in [0.25, 0.3) is 11.1 Å². The third kappa shape index (κ3) is 3.84. The van der Waals surface area contributed by atoms with Gasteiger partial charge < -0.3 is 18.6 Å². The first-order chi connectivity index (χ1) is 13.0. The van der Waals surface area contributed by atoms with Crippen LogP contribution in [0.2, 0.25) is 0 Å². The van der Waals surface area contributed by atoms with Gasteiger partial charge in [-0.2, -0.15) is 4.90 Å². The summed E-state index contributed by atoms with van der Waals surface area (Å²) in [6.07, 6.45) is -1.69. The van der Waals surface area contributed by atoms with Gasteiger partial charge in [0.25, 0.3) is 0 Å². The number of hydrogen-bond donors (Lipinski definition) is 0. The van der Waals surface area contributed by atoms with Crippen molar-refractivity contribution in [1.29, 1.82) is 0 Å². The summed E-state index contributed by atoms with van der Waals surface area (Å²) < 4.78 is 20.6. The van der Waals surface area contributed by atoms with Crippen LogP contribution >= 0.6 is 0 Å². The molecule has 0 fully saturated rings. The molecule has 8 heteroatoms. The maximum atomic E-state index is 11.9. The van der Waals surface area contributed by atoms with Gasteiger partial charge >= 0.3 is 12.2 Å². The van der Waals surface area contributed by atoms with Crippen molar-refractivity contribution in [3.8, 4) is 5.75 Å². The SMILES string of the molecule is COC(=O)N(C(=O)OC)c1ccc(OCc2nc3ccccc3o2)cc1C. The third-order valence-corrected chi connectivity index (χ3v) is 3.82. The van der Waals surface area contributed by atoms with Gasteiger partial charge in [0.15, 0.2) is 12.2 Å². The number of imide groups is 1. The molecule has 140 valence electrons. The highest BCUT2D eigenvalue weighted by Gasteiger charge is 2.26. The van der Waals surface area contributed by atoms with Gasteiger partial charge in [0.05, 0.1) is 19.9 Å². The molecule has 0 saturated carbocycles. The van der Waals surface area contributed by atoms with Crippen LogP contribution in [0.1, 0.15) is 11.5 Å². The van der Waals surface area contributed by atoms with Gasteiger partial charge in [-0.3, -0.25) is 0 Å². The topological polar surface area (TPSA) is 91.1 Å². The number of carbonyl (C=O) groups is 2. The van der Waals surface area contributed by atoms with Gasteiger partial charge in [-0.05, 0) is 42.8 Å². The first kappa shape index (κ1) is 18.2. The van der Waals surface area contributed by atoms with Crippen molar-refractivity contribution in [2.75, 3.05) is 19.1 Å². The molecule has 8 nitrogen and oxygen atoms in total. The van der Waals surface area contributed by atoms with E-state index in [2.05, 4.69) is 14.5 Å². The van der Waals surface area contributed by atoms with Crippen LogP contribution in [0.4, 0.5) is 15.3 Å². The minimum atomic E-state index is -0.843. The molecule has 27 heavy (non-hydrogen) atoms. The standard InChI is InChI=1S/C19H18N2O6/c1-12-10-13(8-9-15(12)21(18(22)24-2)19(23)25-3)26-11-17-20-14-6-4-5-7-16(14)27-17/h4-10H,11H2,1-3H3. The van der Waals surface area contributed by atoms with Gasteiger partial charge in [0.2, 0.25) is 5.89 Å². The Morgan fingerprint density at radius 3 is 2.41 bits per heavy atom. The summed E-state index contributed by atoms with van der Waals surface area (Å²) in [4.78, 5) is 28.9. The average Bonchev–Trinajstić information content (AvgIpc) is 3.10. The number of hydrogen-bond acceptors (Lipinski definition) is 7. The Morgan fingerprint density at radius 1 is 1.07 bits per heavy atom. The molecule has 0 bridgehead atoms. The van der Waals surface area contributed by atoms with Crippen molar-refractivity contribution in [3.63, 3.8) is 0 Å². The van der Waals surface area contributed by atoms with Gasteiger partial charge in [0.1, 0.15) is 11.3 Å². The number of ether oxygens (including phenoxy) is 3. The van der Waals surface area contributed by atoms with E-state index in [9.17, 15) is 9.59 Å². The summed E-state index contributed by atoms with van der Waals surface area (Å²) in [6, 6.07) is 12.3. The van der Waals surface area contributed by atoms with Crippen LogP contribution < -0.4 is 9.64 Å². The van der Waals surface area contributed by atoms with E-state index in [1.165, 1.54) is 14.2 Å². The lowest BCUT2D eigenvalue weighted by atomic mass is 10.2. The fourth-order valence-corrected chi connectivity index (χ4v) is 2.55. The van der Waals surface area contributed by atoms with E-state index >= 15 is 0 Å². The minimum Gasteiger partial charge on any atom is -0.484 e. The first-order valence-electron chi connectivity index (χ1n) is 8.07. The average molecular weight is 370 g/mol. The quantitative estimate of drug-likeness (QED) is 0.684. The molecule has 0 aliphatic heterocycles. The van der Waals surface area contributed by atoms with Crippen molar-refractivity contribution < 1.29 is 28.2 Å². The highest BCUT2D eigenvalue weighted by atomic mass is 16.6. The van der Waals surface area contributed by atoms with Crippen LogP contribution in [0.5, 0.6) is 5.75 Å². The number of aromatic nitrogens is 1. The van der Waals surface area contributed by atoms with Gasteiger partial charge in [0, 0.05) is 0 Å². The molecule has 0 spiro atoms. The van der Waals surface area contributed by atoms with Crippen LogP contribution in [-0.2, 0) is 16.1 Å². The van der Waals surface area contributed by atoms with Crippen LogP contribution in [0.15, 0.2) is 46.9 Å². The van der Waals surface area contributed by atoms with Crippen molar-refractivity contribution >= 4 is 29.0 Å². The molecule has 0 N–H and O–H groups in total. The second kappa shape index (κ2) is 7.77. The molecular weight excluding hydrogens is 352 g/mol. The number of benzene rings is 2. The van der Waals surface area contributed by atoms with Crippen LogP contribution in [-0.4, -0.2) is 31.4 Å². The maximum Gasteiger partial charge on any atom is 0.423 e. The molecule has 0 aliphatic carbocycles. The van der Waals surface area contributed by atoms with E-state index in [0.29, 0.717) is 28.5 Å². The van der Waals surface area contributed by atoms with Gasteiger partial charge in [-0.25, -0.2) is 14.6 Å². The van der Waals surface area contributed by atoms with E-state index in [1.807, 2.05) is 24.3 Å². The Bertz CT molecular complexity index is 932. The predicted octanol–water partition coefficient (Wildman–Crippen LogP) is 4.05. The number of rotatable bonds is 4. The molecule has 2 aromatic carbocycles. The molecule has 1 heterocycles. The highest BCUT2D eigenvalue weighted by Crippen LogP contribution is 2.27. The van der Waals surface area contributed by atoms with Crippen LogP contribution in [0, 0.1) is 6.92 Å². The number of amides is 2. The van der Waals surface area contributed by atoms with E-state index in [0.717, 1.165) is 10.4 Å². The van der Waals surface area contributed by atoms with E-state index < -0.39 is 12.2 Å². The molecule has 3 aromatic rings. The fraction of sp³-hybridized carbons (Fsp3) is 0.211. The lowest BCUT2D eigenvalue weighted by Crippen LogP contribution is -2.37. The minimum absolute atomic E-state index is 0.144. The fourth-order valence-electron chi connectivity index (χ4n) is 2.55. The van der Waals surface area contributed by atoms with E-state index in [1.54, 1.807) is 25.1 Å². The Kier molecular flexibility index (Phi) is 5.25. The lowest BCUT2D eigenvalue weighted by molar-refractivity contribution is 0.159. The Hall–Kier alpha value is -3.55. The normalized spacial score (nSPS) is 10.5. The monoisotopic (exact) mass is 370 g/mol.